The van der Waals surface area contributed by atoms with Crippen molar-refractivity contribution in [2.24, 2.45) is 0 Å². The number of carbonyl (C=O) groups is 1. The lowest BCUT2D eigenvalue weighted by Gasteiger charge is -2.28. The summed E-state index contributed by atoms with van der Waals surface area (Å²) in [5, 5.41) is 3.35. The van der Waals surface area contributed by atoms with Crippen molar-refractivity contribution in [3.05, 3.63) is 23.9 Å². The molecule has 5 nitrogen and oxygen atoms in total. The van der Waals surface area contributed by atoms with Gasteiger partial charge >= 0.3 is 0 Å². The van der Waals surface area contributed by atoms with Crippen LogP contribution in [-0.2, 0) is 0 Å². The Kier molecular flexibility index (Phi) is 6.84. The van der Waals surface area contributed by atoms with Crippen LogP contribution in [0.5, 0.6) is 0 Å². The number of anilines is 1. The number of pyridine rings is 1. The van der Waals surface area contributed by atoms with Crippen LogP contribution in [0.4, 0.5) is 5.82 Å². The number of aromatic nitrogens is 1. The first kappa shape index (κ1) is 17.7. The minimum Gasteiger partial charge on any atom is -0.357 e. The fourth-order valence-corrected chi connectivity index (χ4v) is 3.17. The van der Waals surface area contributed by atoms with E-state index in [2.05, 4.69) is 36.0 Å². The van der Waals surface area contributed by atoms with Gasteiger partial charge in [-0.2, -0.15) is 0 Å². The van der Waals surface area contributed by atoms with Gasteiger partial charge < -0.3 is 15.1 Å². The average molecular weight is 318 g/mol. The lowest BCUT2D eigenvalue weighted by molar-refractivity contribution is 0.0692. The van der Waals surface area contributed by atoms with E-state index in [1.807, 2.05) is 17.0 Å². The van der Waals surface area contributed by atoms with Crippen molar-refractivity contribution in [3.63, 3.8) is 0 Å². The molecule has 1 N–H and O–H groups in total. The highest BCUT2D eigenvalue weighted by Crippen LogP contribution is 2.16. The highest BCUT2D eigenvalue weighted by atomic mass is 16.2. The van der Waals surface area contributed by atoms with E-state index in [1.165, 1.54) is 0 Å². The number of nitrogens with zero attached hydrogens (tertiary/aromatic N) is 3. The lowest BCUT2D eigenvalue weighted by atomic mass is 10.1. The van der Waals surface area contributed by atoms with E-state index in [4.69, 9.17) is 0 Å². The molecule has 1 amide bonds. The molecule has 1 aromatic rings. The minimum atomic E-state index is 0.109. The van der Waals surface area contributed by atoms with Gasteiger partial charge in [0, 0.05) is 38.4 Å². The summed E-state index contributed by atoms with van der Waals surface area (Å²) >= 11 is 0. The Morgan fingerprint density at radius 1 is 1.26 bits per heavy atom. The van der Waals surface area contributed by atoms with Gasteiger partial charge in [0.15, 0.2) is 0 Å². The van der Waals surface area contributed by atoms with Crippen LogP contribution in [-0.4, -0.2) is 54.6 Å². The van der Waals surface area contributed by atoms with Crippen molar-refractivity contribution in [1.29, 1.82) is 0 Å². The molecule has 5 heteroatoms. The molecule has 0 radical (unpaired) electrons. The van der Waals surface area contributed by atoms with Crippen molar-refractivity contribution in [2.45, 2.75) is 46.1 Å². The normalized spacial score (nSPS) is 17.3. The third-order valence-electron chi connectivity index (χ3n) is 4.39. The predicted molar refractivity (Wildman–Crippen MR) is 95.0 cm³/mol. The Morgan fingerprint density at radius 2 is 2.04 bits per heavy atom. The van der Waals surface area contributed by atoms with E-state index in [0.717, 1.165) is 57.8 Å². The van der Waals surface area contributed by atoms with Gasteiger partial charge in [0.1, 0.15) is 5.82 Å². The number of hydrogen-bond donors (Lipinski definition) is 1. The topological polar surface area (TPSA) is 48.5 Å². The molecule has 2 rings (SSSR count). The third-order valence-corrected chi connectivity index (χ3v) is 4.39. The molecule has 0 aliphatic carbocycles. The Morgan fingerprint density at radius 3 is 2.57 bits per heavy atom. The van der Waals surface area contributed by atoms with Crippen molar-refractivity contribution < 1.29 is 4.79 Å². The fraction of sp³-hybridized carbons (Fsp3) is 0.667. The molecule has 128 valence electrons. The van der Waals surface area contributed by atoms with Crippen LogP contribution in [0.1, 0.15) is 50.4 Å². The van der Waals surface area contributed by atoms with Crippen molar-refractivity contribution in [2.75, 3.05) is 37.6 Å². The fourth-order valence-electron chi connectivity index (χ4n) is 3.17. The number of rotatable bonds is 8. The number of carbonyl (C=O) groups excluding carboxylic acids is 1. The maximum absolute atomic E-state index is 12.8. The van der Waals surface area contributed by atoms with Crippen LogP contribution in [0, 0.1) is 0 Å². The summed E-state index contributed by atoms with van der Waals surface area (Å²) in [6.45, 7) is 11.1. The van der Waals surface area contributed by atoms with Crippen LogP contribution in [0.2, 0.25) is 0 Å². The summed E-state index contributed by atoms with van der Waals surface area (Å²) in [4.78, 5) is 21.6. The molecule has 0 spiro atoms. The zero-order chi connectivity index (χ0) is 16.7. The molecule has 1 aromatic heterocycles. The van der Waals surface area contributed by atoms with Crippen molar-refractivity contribution >= 4 is 11.7 Å². The Labute approximate surface area is 140 Å². The standard InChI is InChI=1S/C18H30N4O/c1-4-11-21(6-3)17-8-7-15(13-20-17)18(23)22(12-5-2)16-9-10-19-14-16/h7-8,13,16,19H,4-6,9-12,14H2,1-3H3. The quantitative estimate of drug-likeness (QED) is 0.800. The van der Waals surface area contributed by atoms with Gasteiger partial charge in [-0.1, -0.05) is 13.8 Å². The van der Waals surface area contributed by atoms with Crippen LogP contribution in [0.15, 0.2) is 18.3 Å². The number of amides is 1. The van der Waals surface area contributed by atoms with Gasteiger partial charge in [-0.15, -0.1) is 0 Å². The summed E-state index contributed by atoms with van der Waals surface area (Å²) in [6.07, 6.45) is 4.85. The molecule has 0 saturated carbocycles. The molecular weight excluding hydrogens is 288 g/mol. The van der Waals surface area contributed by atoms with E-state index in [9.17, 15) is 4.79 Å². The maximum atomic E-state index is 12.8. The molecule has 1 saturated heterocycles. The summed E-state index contributed by atoms with van der Waals surface area (Å²) < 4.78 is 0. The van der Waals surface area contributed by atoms with E-state index in [-0.39, 0.29) is 5.91 Å². The van der Waals surface area contributed by atoms with Gasteiger partial charge in [-0.25, -0.2) is 4.98 Å². The largest absolute Gasteiger partial charge is 0.357 e. The van der Waals surface area contributed by atoms with Gasteiger partial charge in [0.25, 0.3) is 5.91 Å². The van der Waals surface area contributed by atoms with Crippen molar-refractivity contribution in [3.8, 4) is 0 Å². The maximum Gasteiger partial charge on any atom is 0.255 e. The molecule has 1 aliphatic heterocycles. The molecule has 0 aromatic carbocycles. The van der Waals surface area contributed by atoms with Gasteiger partial charge in [0.2, 0.25) is 0 Å². The highest BCUT2D eigenvalue weighted by molar-refractivity contribution is 5.94. The second kappa shape index (κ2) is 8.87. The molecular formula is C18H30N4O. The van der Waals surface area contributed by atoms with Gasteiger partial charge in [0.05, 0.1) is 5.56 Å². The highest BCUT2D eigenvalue weighted by Gasteiger charge is 2.26. The van der Waals surface area contributed by atoms with Gasteiger partial charge in [-0.3, -0.25) is 4.79 Å². The van der Waals surface area contributed by atoms with E-state index in [0.29, 0.717) is 11.6 Å². The summed E-state index contributed by atoms with van der Waals surface area (Å²) in [6, 6.07) is 4.21. The molecule has 1 unspecified atom stereocenters. The Balaban J connectivity index is 2.11. The minimum absolute atomic E-state index is 0.109. The molecule has 1 aliphatic rings. The smallest absolute Gasteiger partial charge is 0.255 e. The third kappa shape index (κ3) is 4.44. The summed E-state index contributed by atoms with van der Waals surface area (Å²) in [5.41, 5.74) is 0.696. The summed E-state index contributed by atoms with van der Waals surface area (Å²) in [7, 11) is 0. The second-order valence-electron chi connectivity index (χ2n) is 6.13. The first-order valence-electron chi connectivity index (χ1n) is 8.93. The second-order valence-corrected chi connectivity index (χ2v) is 6.13. The van der Waals surface area contributed by atoms with Crippen LogP contribution in [0.3, 0.4) is 0 Å². The number of hydrogen-bond acceptors (Lipinski definition) is 4. The van der Waals surface area contributed by atoms with Crippen LogP contribution >= 0.6 is 0 Å². The summed E-state index contributed by atoms with van der Waals surface area (Å²) in [5.74, 6) is 1.06. The number of nitrogens with one attached hydrogen (secondary N) is 1. The SMILES string of the molecule is CCCN(CC)c1ccc(C(=O)N(CCC)C2CCNC2)cn1. The predicted octanol–water partition coefficient (Wildman–Crippen LogP) is 2.53. The van der Waals surface area contributed by atoms with Crippen LogP contribution in [0.25, 0.3) is 0 Å². The van der Waals surface area contributed by atoms with E-state index in [1.54, 1.807) is 6.20 Å². The van der Waals surface area contributed by atoms with Gasteiger partial charge in [-0.05, 0) is 44.9 Å². The molecule has 23 heavy (non-hydrogen) atoms. The Hall–Kier alpha value is -1.62. The first-order valence-corrected chi connectivity index (χ1v) is 8.93. The van der Waals surface area contributed by atoms with Crippen molar-refractivity contribution in [1.82, 2.24) is 15.2 Å². The first-order chi connectivity index (χ1) is 11.2. The van der Waals surface area contributed by atoms with E-state index >= 15 is 0 Å². The average Bonchev–Trinajstić information content (AvgIpc) is 3.11. The molecule has 1 fully saturated rings. The van der Waals surface area contributed by atoms with Crippen LogP contribution < -0.4 is 10.2 Å². The molecule has 2 heterocycles. The zero-order valence-corrected chi connectivity index (χ0v) is 14.7. The molecule has 1 atom stereocenters. The lowest BCUT2D eigenvalue weighted by Crippen LogP contribution is -2.42. The zero-order valence-electron chi connectivity index (χ0n) is 14.7. The monoisotopic (exact) mass is 318 g/mol. The Bertz CT molecular complexity index is 482. The van der Waals surface area contributed by atoms with E-state index < -0.39 is 0 Å². The molecule has 0 bridgehead atoms.